The van der Waals surface area contributed by atoms with E-state index in [1.165, 1.54) is 0 Å². The Morgan fingerprint density at radius 3 is 2.59 bits per heavy atom. The predicted molar refractivity (Wildman–Crippen MR) is 66.5 cm³/mol. The molecule has 0 heterocycles. The topological polar surface area (TPSA) is 61.5 Å². The highest BCUT2D eigenvalue weighted by Gasteiger charge is 2.33. The minimum atomic E-state index is -0.181. The molecule has 1 aliphatic carbocycles. The Balaban J connectivity index is 2.21. The number of hydrogen-bond acceptors (Lipinski definition) is 4. The Labute approximate surface area is 104 Å². The minimum absolute atomic E-state index is 0.00892. The van der Waals surface area contributed by atoms with Crippen LogP contribution in [0.1, 0.15) is 40.0 Å². The van der Waals surface area contributed by atoms with Crippen molar-refractivity contribution in [3.05, 3.63) is 0 Å². The van der Waals surface area contributed by atoms with Crippen LogP contribution in [0.4, 0.5) is 0 Å². The van der Waals surface area contributed by atoms with E-state index in [0.29, 0.717) is 25.7 Å². The van der Waals surface area contributed by atoms with Crippen LogP contribution in [0, 0.1) is 11.8 Å². The molecule has 1 rings (SSSR count). The number of nitrogens with two attached hydrogens (primary N) is 1. The first-order valence-electron chi connectivity index (χ1n) is 6.44. The number of esters is 1. The first kappa shape index (κ1) is 14.5. The van der Waals surface area contributed by atoms with Crippen LogP contribution in [0.2, 0.25) is 0 Å². The van der Waals surface area contributed by atoms with Crippen molar-refractivity contribution in [3.63, 3.8) is 0 Å². The largest absolute Gasteiger partial charge is 0.463 e. The standard InChI is InChI=1S/C13H25NO3/c1-13(2,3)17-8-7-16-12(15)11-6-4-5-10(11)9-14/h10-11H,4-9,14H2,1-3H3. The molecule has 0 saturated heterocycles. The van der Waals surface area contributed by atoms with E-state index in [0.717, 1.165) is 19.3 Å². The van der Waals surface area contributed by atoms with E-state index >= 15 is 0 Å². The summed E-state index contributed by atoms with van der Waals surface area (Å²) in [6.45, 7) is 7.32. The average molecular weight is 243 g/mol. The first-order valence-corrected chi connectivity index (χ1v) is 6.44. The molecule has 0 spiro atoms. The van der Waals surface area contributed by atoms with Crippen molar-refractivity contribution in [2.75, 3.05) is 19.8 Å². The predicted octanol–water partition coefficient (Wildman–Crippen LogP) is 1.72. The Morgan fingerprint density at radius 1 is 1.29 bits per heavy atom. The summed E-state index contributed by atoms with van der Waals surface area (Å²) in [5.41, 5.74) is 5.46. The zero-order valence-electron chi connectivity index (χ0n) is 11.2. The average Bonchev–Trinajstić information content (AvgIpc) is 2.70. The van der Waals surface area contributed by atoms with Gasteiger partial charge >= 0.3 is 5.97 Å². The molecular weight excluding hydrogens is 218 g/mol. The summed E-state index contributed by atoms with van der Waals surface area (Å²) in [5, 5.41) is 0. The lowest BCUT2D eigenvalue weighted by atomic mass is 9.96. The lowest BCUT2D eigenvalue weighted by Gasteiger charge is -2.20. The fourth-order valence-corrected chi connectivity index (χ4v) is 2.23. The van der Waals surface area contributed by atoms with Crippen molar-refractivity contribution in [2.45, 2.75) is 45.6 Å². The summed E-state index contributed by atoms with van der Waals surface area (Å²) in [6, 6.07) is 0. The lowest BCUT2D eigenvalue weighted by Crippen LogP contribution is -2.28. The van der Waals surface area contributed by atoms with Crippen LogP contribution in [0.25, 0.3) is 0 Å². The van der Waals surface area contributed by atoms with Crippen LogP contribution in [0.15, 0.2) is 0 Å². The molecule has 4 nitrogen and oxygen atoms in total. The smallest absolute Gasteiger partial charge is 0.309 e. The second-order valence-electron chi connectivity index (χ2n) is 5.66. The molecule has 0 bridgehead atoms. The highest BCUT2D eigenvalue weighted by atomic mass is 16.6. The van der Waals surface area contributed by atoms with Crippen molar-refractivity contribution in [1.82, 2.24) is 0 Å². The molecule has 1 saturated carbocycles. The van der Waals surface area contributed by atoms with Gasteiger partial charge in [-0.25, -0.2) is 0 Å². The quantitative estimate of drug-likeness (QED) is 0.590. The van der Waals surface area contributed by atoms with E-state index in [1.54, 1.807) is 0 Å². The maximum Gasteiger partial charge on any atom is 0.309 e. The Hall–Kier alpha value is -0.610. The molecule has 1 aliphatic rings. The molecule has 4 heteroatoms. The van der Waals surface area contributed by atoms with Gasteiger partial charge in [-0.15, -0.1) is 0 Å². The van der Waals surface area contributed by atoms with Crippen LogP contribution in [-0.4, -0.2) is 31.3 Å². The van der Waals surface area contributed by atoms with Gasteiger partial charge in [0.25, 0.3) is 0 Å². The molecule has 0 aromatic heterocycles. The Morgan fingerprint density at radius 2 is 2.00 bits per heavy atom. The van der Waals surface area contributed by atoms with Gasteiger partial charge in [-0.1, -0.05) is 6.42 Å². The number of hydrogen-bond donors (Lipinski definition) is 1. The van der Waals surface area contributed by atoms with Crippen molar-refractivity contribution >= 4 is 5.97 Å². The zero-order chi connectivity index (χ0) is 12.9. The number of ether oxygens (including phenoxy) is 2. The van der Waals surface area contributed by atoms with Crippen LogP contribution in [0.5, 0.6) is 0 Å². The zero-order valence-corrected chi connectivity index (χ0v) is 11.2. The lowest BCUT2D eigenvalue weighted by molar-refractivity contribution is -0.152. The summed E-state index contributed by atoms with van der Waals surface area (Å²) in [7, 11) is 0. The molecule has 2 N–H and O–H groups in total. The van der Waals surface area contributed by atoms with Crippen LogP contribution < -0.4 is 5.73 Å². The van der Waals surface area contributed by atoms with Gasteiger partial charge in [-0.3, -0.25) is 4.79 Å². The fourth-order valence-electron chi connectivity index (χ4n) is 2.23. The second-order valence-corrected chi connectivity index (χ2v) is 5.66. The first-order chi connectivity index (χ1) is 7.94. The summed E-state index contributed by atoms with van der Waals surface area (Å²) in [4.78, 5) is 11.8. The molecule has 2 atom stereocenters. The Kier molecular flexibility index (Phi) is 5.40. The highest BCUT2D eigenvalue weighted by molar-refractivity contribution is 5.73. The van der Waals surface area contributed by atoms with Gasteiger partial charge in [0.05, 0.1) is 18.1 Å². The third-order valence-electron chi connectivity index (χ3n) is 3.13. The molecule has 0 aliphatic heterocycles. The van der Waals surface area contributed by atoms with Crippen LogP contribution in [-0.2, 0) is 14.3 Å². The van der Waals surface area contributed by atoms with E-state index in [2.05, 4.69) is 0 Å². The van der Waals surface area contributed by atoms with Gasteiger partial charge in [0.15, 0.2) is 0 Å². The summed E-state index contributed by atoms with van der Waals surface area (Å²) >= 11 is 0. The maximum absolute atomic E-state index is 11.8. The van der Waals surface area contributed by atoms with Gasteiger partial charge in [0.2, 0.25) is 0 Å². The van der Waals surface area contributed by atoms with Gasteiger partial charge in [-0.2, -0.15) is 0 Å². The van der Waals surface area contributed by atoms with E-state index < -0.39 is 0 Å². The van der Waals surface area contributed by atoms with Crippen molar-refractivity contribution in [2.24, 2.45) is 17.6 Å². The van der Waals surface area contributed by atoms with Gasteiger partial charge < -0.3 is 15.2 Å². The highest BCUT2D eigenvalue weighted by Crippen LogP contribution is 2.31. The molecular formula is C13H25NO3. The van der Waals surface area contributed by atoms with E-state index in [4.69, 9.17) is 15.2 Å². The number of carbonyl (C=O) groups excluding carboxylic acids is 1. The van der Waals surface area contributed by atoms with E-state index in [-0.39, 0.29) is 17.5 Å². The second kappa shape index (κ2) is 6.36. The molecule has 0 radical (unpaired) electrons. The van der Waals surface area contributed by atoms with Gasteiger partial charge in [0.1, 0.15) is 6.61 Å². The molecule has 0 amide bonds. The van der Waals surface area contributed by atoms with Crippen molar-refractivity contribution in [3.8, 4) is 0 Å². The summed E-state index contributed by atoms with van der Waals surface area (Å²) in [6.07, 6.45) is 3.05. The molecule has 0 aromatic rings. The number of rotatable bonds is 5. The normalized spacial score (nSPS) is 24.9. The molecule has 0 aromatic carbocycles. The number of carbonyl (C=O) groups is 1. The van der Waals surface area contributed by atoms with Crippen LogP contribution in [0.3, 0.4) is 0 Å². The van der Waals surface area contributed by atoms with Crippen molar-refractivity contribution < 1.29 is 14.3 Å². The molecule has 100 valence electrons. The Bertz CT molecular complexity index is 248. The van der Waals surface area contributed by atoms with Gasteiger partial charge in [0, 0.05) is 0 Å². The third kappa shape index (κ3) is 5.04. The molecule has 17 heavy (non-hydrogen) atoms. The monoisotopic (exact) mass is 243 g/mol. The fraction of sp³-hybridized carbons (Fsp3) is 0.923. The van der Waals surface area contributed by atoms with Crippen LogP contribution >= 0.6 is 0 Å². The SMILES string of the molecule is CC(C)(C)OCCOC(=O)C1CCCC1CN. The minimum Gasteiger partial charge on any atom is -0.463 e. The molecule has 2 unspecified atom stereocenters. The van der Waals surface area contributed by atoms with Crippen molar-refractivity contribution in [1.29, 1.82) is 0 Å². The summed E-state index contributed by atoms with van der Waals surface area (Å²) < 4.78 is 10.7. The maximum atomic E-state index is 11.8. The molecule has 1 fully saturated rings. The van der Waals surface area contributed by atoms with E-state index in [9.17, 15) is 4.79 Å². The summed E-state index contributed by atoms with van der Waals surface area (Å²) in [5.74, 6) is 0.219. The van der Waals surface area contributed by atoms with E-state index in [1.807, 2.05) is 20.8 Å². The third-order valence-corrected chi connectivity index (χ3v) is 3.13. The van der Waals surface area contributed by atoms with Gasteiger partial charge in [-0.05, 0) is 46.1 Å².